The first-order chi connectivity index (χ1) is 12.5. The van der Waals surface area contributed by atoms with Crippen LogP contribution >= 0.6 is 0 Å². The molecule has 3 heterocycles. The lowest BCUT2D eigenvalue weighted by Gasteiger charge is -2.22. The Morgan fingerprint density at radius 1 is 1.38 bits per heavy atom. The van der Waals surface area contributed by atoms with Crippen molar-refractivity contribution in [2.75, 3.05) is 51.8 Å². The number of carbonyl (C=O) groups excluding carboxylic acids is 1. The van der Waals surface area contributed by atoms with E-state index in [-0.39, 0.29) is 11.7 Å². The molecule has 2 aliphatic heterocycles. The van der Waals surface area contributed by atoms with Gasteiger partial charge >= 0.3 is 0 Å². The van der Waals surface area contributed by atoms with Crippen LogP contribution in [0.15, 0.2) is 11.6 Å². The van der Waals surface area contributed by atoms with Crippen molar-refractivity contribution in [1.29, 1.82) is 0 Å². The van der Waals surface area contributed by atoms with E-state index in [1.807, 2.05) is 13.8 Å². The summed E-state index contributed by atoms with van der Waals surface area (Å²) in [6.07, 6.45) is 4.35. The van der Waals surface area contributed by atoms with E-state index < -0.39 is 0 Å². The molecule has 26 heavy (non-hydrogen) atoms. The van der Waals surface area contributed by atoms with Gasteiger partial charge in [-0.15, -0.1) is 0 Å². The van der Waals surface area contributed by atoms with Gasteiger partial charge in [0.2, 0.25) is 5.82 Å². The monoisotopic (exact) mass is 359 g/mol. The predicted molar refractivity (Wildman–Crippen MR) is 102 cm³/mol. The summed E-state index contributed by atoms with van der Waals surface area (Å²) < 4.78 is 5.50. The second-order valence-corrected chi connectivity index (χ2v) is 7.30. The minimum atomic E-state index is -0.160. The molecule has 0 radical (unpaired) electrons. The van der Waals surface area contributed by atoms with Crippen molar-refractivity contribution < 1.29 is 9.53 Å². The van der Waals surface area contributed by atoms with Gasteiger partial charge in [0, 0.05) is 51.0 Å². The zero-order chi connectivity index (χ0) is 18.7. The summed E-state index contributed by atoms with van der Waals surface area (Å²) in [5, 5.41) is 3.63. The number of ether oxygens (including phenoxy) is 1. The Kier molecular flexibility index (Phi) is 5.88. The van der Waals surface area contributed by atoms with Gasteiger partial charge in [-0.1, -0.05) is 6.08 Å². The number of hydrogen-bond acceptors (Lipinski definition) is 6. The second kappa shape index (κ2) is 8.14. The van der Waals surface area contributed by atoms with Crippen LogP contribution in [-0.2, 0) is 4.74 Å². The molecule has 1 atom stereocenters. The van der Waals surface area contributed by atoms with Crippen LogP contribution in [0.1, 0.15) is 34.7 Å². The summed E-state index contributed by atoms with van der Waals surface area (Å²) >= 11 is 0. The van der Waals surface area contributed by atoms with Crippen LogP contribution in [0.25, 0.3) is 0 Å². The first-order valence-corrected chi connectivity index (χ1v) is 9.26. The van der Waals surface area contributed by atoms with E-state index in [1.54, 1.807) is 14.1 Å². The van der Waals surface area contributed by atoms with Crippen molar-refractivity contribution in [3.8, 4) is 0 Å². The van der Waals surface area contributed by atoms with Gasteiger partial charge in [0.15, 0.2) is 0 Å². The SMILES string of the molecule is Cc1nc(C(=O)N(C)C)nc(N2CC[C@@H](NCC3=CCCOC3)C2)c1C. The van der Waals surface area contributed by atoms with Crippen LogP contribution in [0.3, 0.4) is 0 Å². The summed E-state index contributed by atoms with van der Waals surface area (Å²) in [6, 6.07) is 0.417. The van der Waals surface area contributed by atoms with Gasteiger partial charge in [0.25, 0.3) is 5.91 Å². The van der Waals surface area contributed by atoms with Crippen LogP contribution < -0.4 is 10.2 Å². The number of nitrogens with one attached hydrogen (secondary N) is 1. The Morgan fingerprint density at radius 3 is 2.88 bits per heavy atom. The highest BCUT2D eigenvalue weighted by Gasteiger charge is 2.26. The number of aryl methyl sites for hydroxylation is 1. The third kappa shape index (κ3) is 4.22. The fraction of sp³-hybridized carbons (Fsp3) is 0.632. The van der Waals surface area contributed by atoms with Gasteiger partial charge in [-0.05, 0) is 32.3 Å². The lowest BCUT2D eigenvalue weighted by atomic mass is 10.2. The van der Waals surface area contributed by atoms with Crippen molar-refractivity contribution in [1.82, 2.24) is 20.2 Å². The van der Waals surface area contributed by atoms with E-state index >= 15 is 0 Å². The third-order valence-corrected chi connectivity index (χ3v) is 5.05. The Labute approximate surface area is 155 Å². The van der Waals surface area contributed by atoms with Crippen molar-refractivity contribution >= 4 is 11.7 Å². The number of rotatable bonds is 5. The summed E-state index contributed by atoms with van der Waals surface area (Å²) in [6.45, 7) is 8.24. The number of amides is 1. The molecular weight excluding hydrogens is 330 g/mol. The van der Waals surface area contributed by atoms with Gasteiger partial charge in [-0.2, -0.15) is 0 Å². The Bertz CT molecular complexity index is 701. The average molecular weight is 359 g/mol. The van der Waals surface area contributed by atoms with Crippen LogP contribution in [-0.4, -0.2) is 73.8 Å². The normalized spacial score (nSPS) is 20.2. The molecule has 0 aliphatic carbocycles. The molecule has 7 heteroatoms. The highest BCUT2D eigenvalue weighted by atomic mass is 16.5. The molecular formula is C19H29N5O2. The number of aromatic nitrogens is 2. The molecule has 3 rings (SSSR count). The summed E-state index contributed by atoms with van der Waals surface area (Å²) in [5.41, 5.74) is 3.24. The number of carbonyl (C=O) groups is 1. The third-order valence-electron chi connectivity index (χ3n) is 5.05. The predicted octanol–water partition coefficient (Wildman–Crippen LogP) is 1.31. The zero-order valence-corrected chi connectivity index (χ0v) is 16.2. The smallest absolute Gasteiger partial charge is 0.291 e. The van der Waals surface area contributed by atoms with Crippen molar-refractivity contribution in [2.24, 2.45) is 0 Å². The molecule has 1 aromatic rings. The highest BCUT2D eigenvalue weighted by Crippen LogP contribution is 2.24. The van der Waals surface area contributed by atoms with Crippen molar-refractivity contribution in [2.45, 2.75) is 32.7 Å². The standard InChI is InChI=1S/C19H29N5O2/c1-13-14(2)21-17(19(25)23(3)4)22-18(13)24-8-7-16(11-24)20-10-15-6-5-9-26-12-15/h6,16,20H,5,7-12H2,1-4H3/t16-/m1/s1. The molecule has 2 aliphatic rings. The second-order valence-electron chi connectivity index (χ2n) is 7.30. The molecule has 1 fully saturated rings. The van der Waals surface area contributed by atoms with Crippen LogP contribution in [0.5, 0.6) is 0 Å². The lowest BCUT2D eigenvalue weighted by molar-refractivity contribution is 0.0815. The Hall–Kier alpha value is -1.99. The van der Waals surface area contributed by atoms with Crippen molar-refractivity contribution in [3.63, 3.8) is 0 Å². The average Bonchev–Trinajstić information content (AvgIpc) is 3.11. The van der Waals surface area contributed by atoms with Gasteiger partial charge in [0.05, 0.1) is 13.2 Å². The maximum absolute atomic E-state index is 12.3. The molecule has 0 unspecified atom stereocenters. The fourth-order valence-electron chi connectivity index (χ4n) is 3.34. The first kappa shape index (κ1) is 18.8. The van der Waals surface area contributed by atoms with Crippen LogP contribution in [0, 0.1) is 13.8 Å². The van der Waals surface area contributed by atoms with Gasteiger partial charge < -0.3 is 19.9 Å². The van der Waals surface area contributed by atoms with Crippen LogP contribution in [0.4, 0.5) is 5.82 Å². The van der Waals surface area contributed by atoms with E-state index in [4.69, 9.17) is 4.74 Å². The van der Waals surface area contributed by atoms with E-state index in [0.717, 1.165) is 62.8 Å². The molecule has 1 N–H and O–H groups in total. The quantitative estimate of drug-likeness (QED) is 0.800. The van der Waals surface area contributed by atoms with Crippen molar-refractivity contribution in [3.05, 3.63) is 28.7 Å². The minimum Gasteiger partial charge on any atom is -0.377 e. The summed E-state index contributed by atoms with van der Waals surface area (Å²) in [5.74, 6) is 0.994. The van der Waals surface area contributed by atoms with E-state index in [9.17, 15) is 4.79 Å². The summed E-state index contributed by atoms with van der Waals surface area (Å²) in [7, 11) is 3.44. The molecule has 142 valence electrons. The van der Waals surface area contributed by atoms with E-state index in [0.29, 0.717) is 6.04 Å². The fourth-order valence-corrected chi connectivity index (χ4v) is 3.34. The summed E-state index contributed by atoms with van der Waals surface area (Å²) in [4.78, 5) is 25.0. The maximum Gasteiger partial charge on any atom is 0.291 e. The van der Waals surface area contributed by atoms with Crippen LogP contribution in [0.2, 0.25) is 0 Å². The van der Waals surface area contributed by atoms with E-state index in [1.165, 1.54) is 10.5 Å². The Morgan fingerprint density at radius 2 is 2.19 bits per heavy atom. The topological polar surface area (TPSA) is 70.6 Å². The molecule has 1 saturated heterocycles. The maximum atomic E-state index is 12.3. The first-order valence-electron chi connectivity index (χ1n) is 9.26. The largest absolute Gasteiger partial charge is 0.377 e. The lowest BCUT2D eigenvalue weighted by Crippen LogP contribution is -2.35. The Balaban J connectivity index is 1.67. The van der Waals surface area contributed by atoms with Gasteiger partial charge in [0.1, 0.15) is 5.82 Å². The van der Waals surface area contributed by atoms with Gasteiger partial charge in [-0.3, -0.25) is 4.79 Å². The number of hydrogen-bond donors (Lipinski definition) is 1. The van der Waals surface area contributed by atoms with Gasteiger partial charge in [-0.25, -0.2) is 9.97 Å². The molecule has 0 bridgehead atoms. The zero-order valence-electron chi connectivity index (χ0n) is 16.2. The molecule has 1 aromatic heterocycles. The molecule has 0 spiro atoms. The molecule has 7 nitrogen and oxygen atoms in total. The number of nitrogens with zero attached hydrogens (tertiary/aromatic N) is 4. The minimum absolute atomic E-state index is 0.160. The van der Waals surface area contributed by atoms with E-state index in [2.05, 4.69) is 26.3 Å². The highest BCUT2D eigenvalue weighted by molar-refractivity contribution is 5.90. The molecule has 0 saturated carbocycles. The molecule has 1 amide bonds. The number of anilines is 1. The molecule has 0 aromatic carbocycles.